The van der Waals surface area contributed by atoms with Gasteiger partial charge in [0.05, 0.1) is 0 Å². The van der Waals surface area contributed by atoms with Crippen molar-refractivity contribution in [1.29, 1.82) is 0 Å². The average Bonchev–Trinajstić information content (AvgIpc) is 2.31. The molecule has 1 aromatic rings. The first-order chi connectivity index (χ1) is 8.02. The second-order valence-electron chi connectivity index (χ2n) is 3.43. The molecule has 0 bridgehead atoms. The van der Waals surface area contributed by atoms with Crippen molar-refractivity contribution in [2.45, 2.75) is 12.5 Å². The molecule has 0 saturated heterocycles. The van der Waals surface area contributed by atoms with E-state index in [1.165, 1.54) is 7.05 Å². The maximum Gasteiger partial charge on any atom is 0.412 e. The van der Waals surface area contributed by atoms with Gasteiger partial charge in [0.2, 0.25) is 0 Å². The van der Waals surface area contributed by atoms with E-state index in [0.29, 0.717) is 5.75 Å². The molecule has 0 aliphatic carbocycles. The van der Waals surface area contributed by atoms with Gasteiger partial charge < -0.3 is 20.9 Å². The standard InChI is InChI=1S/C11H14N2O4/c1-13-11(16)17-8-4-2-7(3-5-8)6-9(12)10(14)15/h2-5,9H,6,12H2,1H3,(H,13,16)(H,14,15)/t9-/m0/s1. The Kier molecular flexibility index (Phi) is 4.47. The van der Waals surface area contributed by atoms with Crippen molar-refractivity contribution in [2.75, 3.05) is 7.05 Å². The van der Waals surface area contributed by atoms with Crippen LogP contribution in [0.5, 0.6) is 5.75 Å². The third-order valence-electron chi connectivity index (χ3n) is 2.11. The Labute approximate surface area is 98.4 Å². The second kappa shape index (κ2) is 5.86. The molecule has 0 saturated carbocycles. The van der Waals surface area contributed by atoms with Crippen LogP contribution in [-0.2, 0) is 11.2 Å². The number of carboxylic acid groups (broad SMARTS) is 1. The quantitative estimate of drug-likeness (QED) is 0.703. The SMILES string of the molecule is CNC(=O)Oc1ccc(C[C@H](N)C(=O)O)cc1. The highest BCUT2D eigenvalue weighted by molar-refractivity contribution is 5.73. The van der Waals surface area contributed by atoms with Crippen LogP contribution in [0.2, 0.25) is 0 Å². The number of carbonyl (C=O) groups excluding carboxylic acids is 1. The Bertz CT molecular complexity index is 402. The van der Waals surface area contributed by atoms with Gasteiger partial charge in [-0.2, -0.15) is 0 Å². The number of hydrogen-bond donors (Lipinski definition) is 3. The Morgan fingerprint density at radius 1 is 1.41 bits per heavy atom. The van der Waals surface area contributed by atoms with Crippen molar-refractivity contribution in [3.8, 4) is 5.75 Å². The van der Waals surface area contributed by atoms with E-state index in [4.69, 9.17) is 15.6 Å². The van der Waals surface area contributed by atoms with Crippen LogP contribution in [0, 0.1) is 0 Å². The first-order valence-electron chi connectivity index (χ1n) is 5.00. The first-order valence-corrected chi connectivity index (χ1v) is 5.00. The Balaban J connectivity index is 2.62. The van der Waals surface area contributed by atoms with Gasteiger partial charge in [0.25, 0.3) is 0 Å². The molecule has 1 amide bonds. The maximum atomic E-state index is 10.9. The molecule has 4 N–H and O–H groups in total. The summed E-state index contributed by atoms with van der Waals surface area (Å²) in [6.45, 7) is 0. The molecule has 0 spiro atoms. The lowest BCUT2D eigenvalue weighted by Gasteiger charge is -2.07. The van der Waals surface area contributed by atoms with Gasteiger partial charge in [-0.25, -0.2) is 4.79 Å². The molecule has 0 radical (unpaired) electrons. The molecule has 1 atom stereocenters. The van der Waals surface area contributed by atoms with Crippen molar-refractivity contribution < 1.29 is 19.4 Å². The predicted octanol–water partition coefficient (Wildman–Crippen LogP) is 0.359. The summed E-state index contributed by atoms with van der Waals surface area (Å²) in [5.74, 6) is -0.660. The average molecular weight is 238 g/mol. The smallest absolute Gasteiger partial charge is 0.412 e. The lowest BCUT2D eigenvalue weighted by Crippen LogP contribution is -2.32. The van der Waals surface area contributed by atoms with Crippen molar-refractivity contribution in [1.82, 2.24) is 5.32 Å². The molecule has 0 fully saturated rings. The zero-order valence-electron chi connectivity index (χ0n) is 9.34. The van der Waals surface area contributed by atoms with E-state index in [-0.39, 0.29) is 6.42 Å². The Morgan fingerprint density at radius 2 is 2.00 bits per heavy atom. The molecular formula is C11H14N2O4. The first kappa shape index (κ1) is 13.0. The summed E-state index contributed by atoms with van der Waals surface area (Å²) in [6.07, 6.45) is -0.324. The summed E-state index contributed by atoms with van der Waals surface area (Å²) in [6, 6.07) is 5.57. The number of aliphatic carboxylic acids is 1. The number of ether oxygens (including phenoxy) is 1. The van der Waals surface area contributed by atoms with Crippen molar-refractivity contribution in [3.05, 3.63) is 29.8 Å². The third-order valence-corrected chi connectivity index (χ3v) is 2.11. The van der Waals surface area contributed by atoms with Crippen LogP contribution in [0.1, 0.15) is 5.56 Å². The van der Waals surface area contributed by atoms with Gasteiger partial charge >= 0.3 is 12.1 Å². The molecular weight excluding hydrogens is 224 g/mol. The van der Waals surface area contributed by atoms with Crippen LogP contribution in [-0.4, -0.2) is 30.3 Å². The number of carbonyl (C=O) groups is 2. The molecule has 0 aromatic heterocycles. The van der Waals surface area contributed by atoms with Crippen LogP contribution in [0.4, 0.5) is 4.79 Å². The molecule has 92 valence electrons. The zero-order valence-corrected chi connectivity index (χ0v) is 9.34. The van der Waals surface area contributed by atoms with Crippen LogP contribution in [0.25, 0.3) is 0 Å². The minimum Gasteiger partial charge on any atom is -0.480 e. The highest BCUT2D eigenvalue weighted by Crippen LogP contribution is 2.13. The van der Waals surface area contributed by atoms with E-state index in [1.54, 1.807) is 24.3 Å². The van der Waals surface area contributed by atoms with Gasteiger partial charge in [0.15, 0.2) is 0 Å². The van der Waals surface area contributed by atoms with Gasteiger partial charge in [0, 0.05) is 7.05 Å². The summed E-state index contributed by atoms with van der Waals surface area (Å²) in [5, 5.41) is 11.0. The van der Waals surface area contributed by atoms with Gasteiger partial charge in [-0.15, -0.1) is 0 Å². The van der Waals surface area contributed by atoms with E-state index in [1.807, 2.05) is 0 Å². The molecule has 6 nitrogen and oxygen atoms in total. The van der Waals surface area contributed by atoms with E-state index in [2.05, 4.69) is 5.32 Å². The molecule has 0 heterocycles. The van der Waals surface area contributed by atoms with E-state index >= 15 is 0 Å². The van der Waals surface area contributed by atoms with Crippen LogP contribution >= 0.6 is 0 Å². The number of carboxylic acids is 1. The highest BCUT2D eigenvalue weighted by atomic mass is 16.5. The van der Waals surface area contributed by atoms with Gasteiger partial charge in [-0.05, 0) is 24.1 Å². The highest BCUT2D eigenvalue weighted by Gasteiger charge is 2.12. The zero-order chi connectivity index (χ0) is 12.8. The number of nitrogens with two attached hydrogens (primary N) is 1. The topological polar surface area (TPSA) is 102 Å². The minimum atomic E-state index is -1.05. The fraction of sp³-hybridized carbons (Fsp3) is 0.273. The number of benzene rings is 1. The van der Waals surface area contributed by atoms with Crippen LogP contribution < -0.4 is 15.8 Å². The molecule has 17 heavy (non-hydrogen) atoms. The molecule has 0 unspecified atom stereocenters. The van der Waals surface area contributed by atoms with Crippen molar-refractivity contribution in [2.24, 2.45) is 5.73 Å². The molecule has 6 heteroatoms. The summed E-state index contributed by atoms with van der Waals surface area (Å²) in [4.78, 5) is 21.5. The Hall–Kier alpha value is -2.08. The summed E-state index contributed by atoms with van der Waals surface area (Å²) in [5.41, 5.74) is 6.16. The maximum absolute atomic E-state index is 10.9. The lowest BCUT2D eigenvalue weighted by atomic mass is 10.1. The number of amides is 1. The minimum absolute atomic E-state index is 0.232. The predicted molar refractivity (Wildman–Crippen MR) is 60.8 cm³/mol. The molecule has 1 rings (SSSR count). The summed E-state index contributed by atoms with van der Waals surface area (Å²) < 4.78 is 4.87. The normalized spacial score (nSPS) is 11.6. The van der Waals surface area contributed by atoms with E-state index < -0.39 is 18.1 Å². The summed E-state index contributed by atoms with van der Waals surface area (Å²) >= 11 is 0. The van der Waals surface area contributed by atoms with Crippen LogP contribution in [0.3, 0.4) is 0 Å². The van der Waals surface area contributed by atoms with E-state index in [9.17, 15) is 9.59 Å². The Morgan fingerprint density at radius 3 is 2.47 bits per heavy atom. The third kappa shape index (κ3) is 4.12. The van der Waals surface area contributed by atoms with Crippen LogP contribution in [0.15, 0.2) is 24.3 Å². The monoisotopic (exact) mass is 238 g/mol. The molecule has 0 aliphatic heterocycles. The van der Waals surface area contributed by atoms with Gasteiger partial charge in [0.1, 0.15) is 11.8 Å². The number of rotatable bonds is 4. The second-order valence-corrected chi connectivity index (χ2v) is 3.43. The van der Waals surface area contributed by atoms with E-state index in [0.717, 1.165) is 5.56 Å². The fourth-order valence-electron chi connectivity index (χ4n) is 1.19. The fourth-order valence-corrected chi connectivity index (χ4v) is 1.19. The van der Waals surface area contributed by atoms with Gasteiger partial charge in [-0.1, -0.05) is 12.1 Å². The molecule has 1 aromatic carbocycles. The van der Waals surface area contributed by atoms with Crippen molar-refractivity contribution >= 4 is 12.1 Å². The van der Waals surface area contributed by atoms with Gasteiger partial charge in [-0.3, -0.25) is 4.79 Å². The van der Waals surface area contributed by atoms with Crippen molar-refractivity contribution in [3.63, 3.8) is 0 Å². The summed E-state index contributed by atoms with van der Waals surface area (Å²) in [7, 11) is 1.46. The number of nitrogens with one attached hydrogen (secondary N) is 1. The lowest BCUT2D eigenvalue weighted by molar-refractivity contribution is -0.138. The number of hydrogen-bond acceptors (Lipinski definition) is 4. The molecule has 0 aliphatic rings. The largest absolute Gasteiger partial charge is 0.480 e.